The Labute approximate surface area is 129 Å². The molecule has 0 spiro atoms. The van der Waals surface area contributed by atoms with Gasteiger partial charge in [0.25, 0.3) is 5.91 Å². The minimum atomic E-state index is -0.164. The van der Waals surface area contributed by atoms with E-state index in [0.29, 0.717) is 5.69 Å². The summed E-state index contributed by atoms with van der Waals surface area (Å²) in [6.07, 6.45) is 5.76. The second kappa shape index (κ2) is 5.89. The molecule has 112 valence electrons. The molecule has 0 aliphatic heterocycles. The van der Waals surface area contributed by atoms with Crippen LogP contribution < -0.4 is 5.32 Å². The molecule has 0 radical (unpaired) electrons. The average molecular weight is 294 g/mol. The van der Waals surface area contributed by atoms with Crippen LogP contribution in [0.2, 0.25) is 0 Å². The zero-order valence-corrected chi connectivity index (χ0v) is 12.6. The Morgan fingerprint density at radius 1 is 1.09 bits per heavy atom. The molecule has 22 heavy (non-hydrogen) atoms. The van der Waals surface area contributed by atoms with Gasteiger partial charge in [-0.05, 0) is 42.8 Å². The van der Waals surface area contributed by atoms with Gasteiger partial charge in [0.05, 0.1) is 6.04 Å². The Kier molecular flexibility index (Phi) is 3.78. The third-order valence-electron chi connectivity index (χ3n) is 3.59. The fraction of sp³-hybridized carbons (Fsp3) is 0.176. The normalized spacial score (nSPS) is 12.1. The molecule has 0 bridgehead atoms. The van der Waals surface area contributed by atoms with Crippen LogP contribution >= 0.6 is 0 Å². The zero-order valence-electron chi connectivity index (χ0n) is 12.6. The summed E-state index contributed by atoms with van der Waals surface area (Å²) < 4.78 is 3.66. The molecule has 0 saturated carbocycles. The van der Waals surface area contributed by atoms with Crippen LogP contribution in [0.3, 0.4) is 0 Å². The molecule has 0 saturated heterocycles. The Morgan fingerprint density at radius 2 is 1.77 bits per heavy atom. The van der Waals surface area contributed by atoms with E-state index in [4.69, 9.17) is 0 Å². The summed E-state index contributed by atoms with van der Waals surface area (Å²) in [5.41, 5.74) is 2.58. The highest BCUT2D eigenvalue weighted by Crippen LogP contribution is 2.16. The quantitative estimate of drug-likeness (QED) is 0.804. The van der Waals surface area contributed by atoms with Crippen molar-refractivity contribution in [2.75, 3.05) is 0 Å². The van der Waals surface area contributed by atoms with Crippen molar-refractivity contribution in [2.24, 2.45) is 7.05 Å². The number of nitrogens with zero attached hydrogens (tertiary/aromatic N) is 3. The van der Waals surface area contributed by atoms with E-state index in [9.17, 15) is 4.79 Å². The molecule has 1 atom stereocenters. The number of hydrogen-bond donors (Lipinski definition) is 1. The number of benzene rings is 1. The molecule has 3 aromatic rings. The van der Waals surface area contributed by atoms with Gasteiger partial charge < -0.3 is 9.88 Å². The van der Waals surface area contributed by atoms with Crippen molar-refractivity contribution in [1.82, 2.24) is 19.7 Å². The maximum absolute atomic E-state index is 12.1. The summed E-state index contributed by atoms with van der Waals surface area (Å²) >= 11 is 0. The highest BCUT2D eigenvalue weighted by atomic mass is 16.2. The standard InChI is InChI=1S/C17H18N4O/c1-13(18-17(22)16-9-12-20(2)19-16)14-5-7-15(8-6-14)21-10-3-4-11-21/h3-13H,1-2H3,(H,18,22). The smallest absolute Gasteiger partial charge is 0.272 e. The molecule has 3 rings (SSSR count). The number of amides is 1. The van der Waals surface area contributed by atoms with E-state index in [1.165, 1.54) is 0 Å². The predicted molar refractivity (Wildman–Crippen MR) is 84.9 cm³/mol. The molecule has 1 unspecified atom stereocenters. The summed E-state index contributed by atoms with van der Waals surface area (Å²) in [5, 5.41) is 7.06. The van der Waals surface area contributed by atoms with Gasteiger partial charge in [0.2, 0.25) is 0 Å². The molecule has 1 amide bonds. The molecular weight excluding hydrogens is 276 g/mol. The molecule has 0 fully saturated rings. The summed E-state index contributed by atoms with van der Waals surface area (Å²) in [7, 11) is 1.79. The fourth-order valence-electron chi connectivity index (χ4n) is 2.33. The first-order chi connectivity index (χ1) is 10.6. The van der Waals surface area contributed by atoms with Crippen molar-refractivity contribution < 1.29 is 4.79 Å². The van der Waals surface area contributed by atoms with Gasteiger partial charge in [0, 0.05) is 31.3 Å². The number of nitrogens with one attached hydrogen (secondary N) is 1. The lowest BCUT2D eigenvalue weighted by Crippen LogP contribution is -2.27. The van der Waals surface area contributed by atoms with E-state index >= 15 is 0 Å². The Morgan fingerprint density at radius 3 is 2.36 bits per heavy atom. The molecule has 5 nitrogen and oxygen atoms in total. The molecule has 5 heteroatoms. The van der Waals surface area contributed by atoms with Crippen LogP contribution in [0.25, 0.3) is 5.69 Å². The van der Waals surface area contributed by atoms with Crippen LogP contribution in [0.5, 0.6) is 0 Å². The Bertz CT molecular complexity index is 756. The average Bonchev–Trinajstić information content (AvgIpc) is 3.18. The van der Waals surface area contributed by atoms with E-state index in [1.54, 1.807) is 24.0 Å². The fourth-order valence-corrected chi connectivity index (χ4v) is 2.33. The largest absolute Gasteiger partial charge is 0.344 e. The van der Waals surface area contributed by atoms with Gasteiger partial charge in [-0.1, -0.05) is 12.1 Å². The van der Waals surface area contributed by atoms with Crippen molar-refractivity contribution in [3.8, 4) is 5.69 Å². The minimum Gasteiger partial charge on any atom is -0.344 e. The molecular formula is C17H18N4O. The Hall–Kier alpha value is -2.82. The molecule has 0 aliphatic rings. The lowest BCUT2D eigenvalue weighted by Gasteiger charge is -2.14. The number of carbonyl (C=O) groups is 1. The van der Waals surface area contributed by atoms with Crippen molar-refractivity contribution in [3.05, 3.63) is 72.3 Å². The summed E-state index contributed by atoms with van der Waals surface area (Å²) in [5.74, 6) is -0.164. The van der Waals surface area contributed by atoms with Crippen LogP contribution in [0.15, 0.2) is 61.1 Å². The van der Waals surface area contributed by atoms with E-state index in [1.807, 2.05) is 60.3 Å². The third-order valence-corrected chi connectivity index (χ3v) is 3.59. The van der Waals surface area contributed by atoms with E-state index in [2.05, 4.69) is 10.4 Å². The zero-order chi connectivity index (χ0) is 15.5. The first-order valence-corrected chi connectivity index (χ1v) is 7.17. The number of aryl methyl sites for hydroxylation is 1. The molecule has 2 aromatic heterocycles. The van der Waals surface area contributed by atoms with Crippen LogP contribution in [0.4, 0.5) is 0 Å². The topological polar surface area (TPSA) is 51.9 Å². The number of carbonyl (C=O) groups excluding carboxylic acids is 1. The van der Waals surface area contributed by atoms with Gasteiger partial charge in [-0.25, -0.2) is 0 Å². The SMILES string of the molecule is CC(NC(=O)c1ccn(C)n1)c1ccc(-n2cccc2)cc1. The van der Waals surface area contributed by atoms with Crippen molar-refractivity contribution in [3.63, 3.8) is 0 Å². The predicted octanol–water partition coefficient (Wildman–Crippen LogP) is 2.70. The van der Waals surface area contributed by atoms with Crippen LogP contribution in [-0.2, 0) is 7.05 Å². The first kappa shape index (κ1) is 14.1. The highest BCUT2D eigenvalue weighted by Gasteiger charge is 2.13. The van der Waals surface area contributed by atoms with Gasteiger partial charge >= 0.3 is 0 Å². The number of rotatable bonds is 4. The van der Waals surface area contributed by atoms with Gasteiger partial charge in [-0.3, -0.25) is 9.48 Å². The van der Waals surface area contributed by atoms with Crippen molar-refractivity contribution in [2.45, 2.75) is 13.0 Å². The van der Waals surface area contributed by atoms with Crippen molar-refractivity contribution >= 4 is 5.91 Å². The van der Waals surface area contributed by atoms with Gasteiger partial charge in [-0.2, -0.15) is 5.10 Å². The molecule has 1 aromatic carbocycles. The molecule has 0 aliphatic carbocycles. The van der Waals surface area contributed by atoms with Crippen LogP contribution in [0, 0.1) is 0 Å². The highest BCUT2D eigenvalue weighted by molar-refractivity contribution is 5.92. The van der Waals surface area contributed by atoms with Crippen molar-refractivity contribution in [1.29, 1.82) is 0 Å². The van der Waals surface area contributed by atoms with Gasteiger partial charge in [0.1, 0.15) is 5.69 Å². The summed E-state index contributed by atoms with van der Waals surface area (Å²) in [4.78, 5) is 12.1. The summed E-state index contributed by atoms with van der Waals surface area (Å²) in [6, 6.07) is 13.7. The Balaban J connectivity index is 1.69. The molecule has 1 N–H and O–H groups in total. The second-order valence-electron chi connectivity index (χ2n) is 5.25. The van der Waals surface area contributed by atoms with Gasteiger partial charge in [0.15, 0.2) is 0 Å². The maximum Gasteiger partial charge on any atom is 0.272 e. The first-order valence-electron chi connectivity index (χ1n) is 7.17. The van der Waals surface area contributed by atoms with E-state index in [-0.39, 0.29) is 11.9 Å². The lowest BCUT2D eigenvalue weighted by molar-refractivity contribution is 0.0934. The lowest BCUT2D eigenvalue weighted by atomic mass is 10.1. The van der Waals surface area contributed by atoms with E-state index in [0.717, 1.165) is 11.3 Å². The van der Waals surface area contributed by atoms with E-state index < -0.39 is 0 Å². The van der Waals surface area contributed by atoms with Crippen LogP contribution in [-0.4, -0.2) is 20.3 Å². The molecule has 2 heterocycles. The second-order valence-corrected chi connectivity index (χ2v) is 5.25. The number of hydrogen-bond acceptors (Lipinski definition) is 2. The summed E-state index contributed by atoms with van der Waals surface area (Å²) in [6.45, 7) is 1.96. The third kappa shape index (κ3) is 2.93. The van der Waals surface area contributed by atoms with Gasteiger partial charge in [-0.15, -0.1) is 0 Å². The monoisotopic (exact) mass is 294 g/mol. The maximum atomic E-state index is 12.1. The number of aromatic nitrogens is 3. The minimum absolute atomic E-state index is 0.0757. The van der Waals surface area contributed by atoms with Crippen LogP contribution in [0.1, 0.15) is 29.0 Å².